The van der Waals surface area contributed by atoms with Gasteiger partial charge >= 0.3 is 0 Å². The molecule has 2 atom stereocenters. The molecule has 1 N–H and O–H groups in total. The number of carbonyl (C=O) groups is 1. The highest BCUT2D eigenvalue weighted by molar-refractivity contribution is 6.00. The molecular formula is C19H23NO2. The quantitative estimate of drug-likeness (QED) is 0.926. The van der Waals surface area contributed by atoms with Crippen molar-refractivity contribution in [1.82, 2.24) is 4.90 Å². The molecule has 3 heteroatoms. The van der Waals surface area contributed by atoms with E-state index >= 15 is 0 Å². The molecule has 1 aromatic carbocycles. The Kier molecular flexibility index (Phi) is 3.92. The van der Waals surface area contributed by atoms with Gasteiger partial charge in [-0.1, -0.05) is 48.9 Å². The van der Waals surface area contributed by atoms with Crippen LogP contribution >= 0.6 is 0 Å². The third kappa shape index (κ3) is 2.20. The summed E-state index contributed by atoms with van der Waals surface area (Å²) in [5.41, 5.74) is 2.63. The number of fused-ring (bicyclic) bond motifs is 1. The first-order valence-corrected chi connectivity index (χ1v) is 7.96. The van der Waals surface area contributed by atoms with Gasteiger partial charge in [-0.25, -0.2) is 0 Å². The van der Waals surface area contributed by atoms with Crippen LogP contribution in [0.2, 0.25) is 0 Å². The number of allylic oxidation sites excluding steroid dienone is 3. The van der Waals surface area contributed by atoms with E-state index in [4.69, 9.17) is 0 Å². The van der Waals surface area contributed by atoms with Crippen LogP contribution in [0.4, 0.5) is 0 Å². The van der Waals surface area contributed by atoms with E-state index in [0.717, 1.165) is 24.0 Å². The summed E-state index contributed by atoms with van der Waals surface area (Å²) in [5, 5.41) is 9.73. The van der Waals surface area contributed by atoms with Crippen molar-refractivity contribution < 1.29 is 9.90 Å². The van der Waals surface area contributed by atoms with E-state index in [-0.39, 0.29) is 18.4 Å². The molecule has 0 saturated heterocycles. The first-order chi connectivity index (χ1) is 10.6. The van der Waals surface area contributed by atoms with Gasteiger partial charge < -0.3 is 10.0 Å². The fourth-order valence-corrected chi connectivity index (χ4v) is 3.55. The molecule has 0 fully saturated rings. The topological polar surface area (TPSA) is 40.5 Å². The van der Waals surface area contributed by atoms with Crippen molar-refractivity contribution in [2.75, 3.05) is 13.2 Å². The van der Waals surface area contributed by atoms with Gasteiger partial charge in [-0.05, 0) is 31.4 Å². The van der Waals surface area contributed by atoms with Crippen LogP contribution in [0.25, 0.3) is 0 Å². The molecule has 2 aliphatic rings. The van der Waals surface area contributed by atoms with Gasteiger partial charge in [-0.2, -0.15) is 0 Å². The van der Waals surface area contributed by atoms with E-state index in [9.17, 15) is 9.90 Å². The van der Waals surface area contributed by atoms with Crippen molar-refractivity contribution in [3.8, 4) is 0 Å². The number of nitrogens with zero attached hydrogens (tertiary/aromatic N) is 1. The Hall–Kier alpha value is -1.87. The van der Waals surface area contributed by atoms with Crippen LogP contribution in [0.15, 0.2) is 48.1 Å². The Labute approximate surface area is 132 Å². The maximum atomic E-state index is 12.9. The third-order valence-electron chi connectivity index (χ3n) is 5.20. The van der Waals surface area contributed by atoms with Gasteiger partial charge in [0.25, 0.3) is 5.91 Å². The molecule has 1 amide bonds. The first-order valence-electron chi connectivity index (χ1n) is 7.96. The number of aliphatic hydroxyl groups excluding tert-OH is 1. The second-order valence-corrected chi connectivity index (χ2v) is 6.46. The van der Waals surface area contributed by atoms with Crippen molar-refractivity contribution in [3.63, 3.8) is 0 Å². The number of hydrogen-bond donors (Lipinski definition) is 1. The number of benzene rings is 1. The second-order valence-electron chi connectivity index (χ2n) is 6.46. The van der Waals surface area contributed by atoms with E-state index in [1.54, 1.807) is 0 Å². The van der Waals surface area contributed by atoms with Crippen LogP contribution in [0.5, 0.6) is 0 Å². The summed E-state index contributed by atoms with van der Waals surface area (Å²) in [6, 6.07) is 7.80. The van der Waals surface area contributed by atoms with Crippen molar-refractivity contribution in [2.45, 2.75) is 32.2 Å². The summed E-state index contributed by atoms with van der Waals surface area (Å²) >= 11 is 0. The summed E-state index contributed by atoms with van der Waals surface area (Å²) in [5.74, 6) is 0.0636. The molecule has 0 radical (unpaired) electrons. The normalized spacial score (nSPS) is 25.1. The molecule has 1 aliphatic heterocycles. The first kappa shape index (κ1) is 15.0. The minimum Gasteiger partial charge on any atom is -0.396 e. The minimum absolute atomic E-state index is 0.0140. The maximum absolute atomic E-state index is 12.9. The van der Waals surface area contributed by atoms with Crippen LogP contribution in [0, 0.1) is 5.92 Å². The van der Waals surface area contributed by atoms with Crippen molar-refractivity contribution in [3.05, 3.63) is 59.2 Å². The molecule has 116 valence electrons. The van der Waals surface area contributed by atoms with Gasteiger partial charge in [0, 0.05) is 24.6 Å². The smallest absolute Gasteiger partial charge is 0.255 e. The molecular weight excluding hydrogens is 274 g/mol. The highest BCUT2D eigenvalue weighted by Crippen LogP contribution is 2.44. The van der Waals surface area contributed by atoms with Gasteiger partial charge in [0.1, 0.15) is 0 Å². The molecule has 3 rings (SSSR count). The largest absolute Gasteiger partial charge is 0.396 e. The van der Waals surface area contributed by atoms with Gasteiger partial charge in [0.15, 0.2) is 0 Å². The Bertz CT molecular complexity index is 647. The molecule has 1 aliphatic carbocycles. The lowest BCUT2D eigenvalue weighted by Gasteiger charge is -2.41. The number of hydrogen-bond acceptors (Lipinski definition) is 2. The summed E-state index contributed by atoms with van der Waals surface area (Å²) in [6.07, 6.45) is 8.37. The van der Waals surface area contributed by atoms with Crippen molar-refractivity contribution in [1.29, 1.82) is 0 Å². The van der Waals surface area contributed by atoms with Crippen LogP contribution in [-0.2, 0) is 5.54 Å². The Morgan fingerprint density at radius 3 is 2.82 bits per heavy atom. The Morgan fingerprint density at radius 1 is 1.36 bits per heavy atom. The molecule has 2 unspecified atom stereocenters. The zero-order valence-corrected chi connectivity index (χ0v) is 13.2. The summed E-state index contributed by atoms with van der Waals surface area (Å²) in [4.78, 5) is 14.9. The average Bonchev–Trinajstić information content (AvgIpc) is 2.78. The number of rotatable bonds is 4. The van der Waals surface area contributed by atoms with Crippen molar-refractivity contribution >= 4 is 5.91 Å². The standard InChI is InChI=1S/C19H23NO2/c1-14(13-21)19(2)17-11-7-6-10-16(17)18(22)20(19)12-15-8-4-3-5-9-15/h3-4,6-8,10-11,14,21H,5,9,12-13H2,1-2H3. The predicted molar refractivity (Wildman–Crippen MR) is 87.5 cm³/mol. The fourth-order valence-electron chi connectivity index (χ4n) is 3.55. The van der Waals surface area contributed by atoms with E-state index < -0.39 is 5.54 Å². The Balaban J connectivity index is 2.02. The lowest BCUT2D eigenvalue weighted by Crippen LogP contribution is -2.48. The number of carbonyl (C=O) groups excluding carboxylic acids is 1. The van der Waals surface area contributed by atoms with E-state index in [1.165, 1.54) is 5.57 Å². The molecule has 0 bridgehead atoms. The Morgan fingerprint density at radius 2 is 2.14 bits per heavy atom. The van der Waals surface area contributed by atoms with E-state index in [2.05, 4.69) is 25.2 Å². The van der Waals surface area contributed by atoms with E-state index in [1.807, 2.05) is 36.1 Å². The number of amides is 1. The van der Waals surface area contributed by atoms with E-state index in [0.29, 0.717) is 6.54 Å². The summed E-state index contributed by atoms with van der Waals surface area (Å²) in [7, 11) is 0. The summed E-state index contributed by atoms with van der Waals surface area (Å²) < 4.78 is 0. The molecule has 1 heterocycles. The minimum atomic E-state index is -0.454. The van der Waals surface area contributed by atoms with Crippen LogP contribution in [0.1, 0.15) is 42.6 Å². The second kappa shape index (κ2) is 5.73. The highest BCUT2D eigenvalue weighted by Gasteiger charge is 2.49. The molecule has 1 aromatic rings. The van der Waals surface area contributed by atoms with Gasteiger partial charge in [0.2, 0.25) is 0 Å². The van der Waals surface area contributed by atoms with Crippen LogP contribution in [-0.4, -0.2) is 29.1 Å². The predicted octanol–water partition coefficient (Wildman–Crippen LogP) is 3.26. The molecule has 0 aromatic heterocycles. The lowest BCUT2D eigenvalue weighted by atomic mass is 9.80. The average molecular weight is 297 g/mol. The molecule has 22 heavy (non-hydrogen) atoms. The zero-order chi connectivity index (χ0) is 15.7. The third-order valence-corrected chi connectivity index (χ3v) is 5.20. The number of aliphatic hydroxyl groups is 1. The van der Waals surface area contributed by atoms with Crippen LogP contribution in [0.3, 0.4) is 0 Å². The molecule has 0 spiro atoms. The van der Waals surface area contributed by atoms with Crippen molar-refractivity contribution in [2.24, 2.45) is 5.92 Å². The van der Waals surface area contributed by atoms with Gasteiger partial charge in [-0.3, -0.25) is 4.79 Å². The summed E-state index contributed by atoms with van der Waals surface area (Å²) in [6.45, 7) is 4.79. The van der Waals surface area contributed by atoms with Gasteiger partial charge in [0.05, 0.1) is 5.54 Å². The fraction of sp³-hybridized carbons (Fsp3) is 0.421. The lowest BCUT2D eigenvalue weighted by molar-refractivity contribution is 0.0342. The SMILES string of the molecule is CC(CO)C1(C)c2ccccc2C(=O)N1CC1=CC=CCC1. The van der Waals surface area contributed by atoms with Gasteiger partial charge in [-0.15, -0.1) is 0 Å². The molecule has 3 nitrogen and oxygen atoms in total. The maximum Gasteiger partial charge on any atom is 0.255 e. The monoisotopic (exact) mass is 297 g/mol. The highest BCUT2D eigenvalue weighted by atomic mass is 16.3. The zero-order valence-electron chi connectivity index (χ0n) is 13.2. The molecule has 0 saturated carbocycles. The van der Waals surface area contributed by atoms with Crippen LogP contribution < -0.4 is 0 Å².